The highest BCUT2D eigenvalue weighted by Gasteiger charge is 2.29. The van der Waals surface area contributed by atoms with Crippen LogP contribution >= 0.6 is 0 Å². The van der Waals surface area contributed by atoms with E-state index in [1.54, 1.807) is 38.1 Å². The maximum Gasteiger partial charge on any atom is 0.259 e. The molecule has 0 saturated heterocycles. The lowest BCUT2D eigenvalue weighted by Gasteiger charge is -2.27. The van der Waals surface area contributed by atoms with Crippen LogP contribution in [0.25, 0.3) is 11.4 Å². The molecule has 1 unspecified atom stereocenters. The minimum absolute atomic E-state index is 0.0100. The molecule has 0 radical (unpaired) electrons. The summed E-state index contributed by atoms with van der Waals surface area (Å²) in [6, 6.07) is 9.13. The first-order valence-corrected chi connectivity index (χ1v) is 7.60. The quantitative estimate of drug-likeness (QED) is 0.874. The number of aryl methyl sites for hydroxylation is 1. The molecule has 1 aromatic carbocycles. The Hall–Kier alpha value is -2.88. The standard InChI is InChI=1S/C17H20N4O3/c1-11(2)17(4,10-18)20-15(22)9-23-14-7-5-13(6-8-14)16-19-12(3)24-21-16/h5-8,11H,9H2,1-4H3,(H,20,22). The van der Waals surface area contributed by atoms with Crippen molar-refractivity contribution in [2.75, 3.05) is 6.61 Å². The van der Waals surface area contributed by atoms with Gasteiger partial charge in [-0.3, -0.25) is 4.79 Å². The summed E-state index contributed by atoms with van der Waals surface area (Å²) < 4.78 is 10.4. The number of nitrogens with zero attached hydrogens (tertiary/aromatic N) is 3. The zero-order chi connectivity index (χ0) is 17.7. The summed E-state index contributed by atoms with van der Waals surface area (Å²) in [6.45, 7) is 7.01. The number of nitrogens with one attached hydrogen (secondary N) is 1. The van der Waals surface area contributed by atoms with Crippen LogP contribution in [0, 0.1) is 24.2 Å². The van der Waals surface area contributed by atoms with Crippen LogP contribution in [0.4, 0.5) is 0 Å². The second-order valence-electron chi connectivity index (χ2n) is 5.97. The molecule has 0 saturated carbocycles. The fourth-order valence-corrected chi connectivity index (χ4v) is 1.89. The van der Waals surface area contributed by atoms with E-state index in [4.69, 9.17) is 9.26 Å². The van der Waals surface area contributed by atoms with E-state index in [0.717, 1.165) is 5.56 Å². The number of benzene rings is 1. The summed E-state index contributed by atoms with van der Waals surface area (Å²) in [5.41, 5.74) is -0.124. The predicted octanol–water partition coefficient (Wildman–Crippen LogP) is 2.48. The molecule has 2 rings (SSSR count). The van der Waals surface area contributed by atoms with Crippen molar-refractivity contribution < 1.29 is 14.1 Å². The first-order chi connectivity index (χ1) is 11.3. The van der Waals surface area contributed by atoms with E-state index in [9.17, 15) is 10.1 Å². The van der Waals surface area contributed by atoms with E-state index in [1.165, 1.54) is 0 Å². The maximum absolute atomic E-state index is 12.0. The molecule has 1 aromatic heterocycles. The molecule has 126 valence electrons. The number of nitriles is 1. The number of rotatable bonds is 6. The number of hydrogen-bond acceptors (Lipinski definition) is 6. The first kappa shape index (κ1) is 17.5. The molecule has 7 heteroatoms. The van der Waals surface area contributed by atoms with Gasteiger partial charge in [0.15, 0.2) is 6.61 Å². The van der Waals surface area contributed by atoms with Gasteiger partial charge in [0, 0.05) is 12.5 Å². The number of carbonyl (C=O) groups excluding carboxylic acids is 1. The minimum Gasteiger partial charge on any atom is -0.484 e. The number of amides is 1. The zero-order valence-electron chi connectivity index (χ0n) is 14.2. The molecule has 0 fully saturated rings. The molecule has 24 heavy (non-hydrogen) atoms. The van der Waals surface area contributed by atoms with Crippen LogP contribution in [-0.2, 0) is 4.79 Å². The van der Waals surface area contributed by atoms with Gasteiger partial charge in [-0.1, -0.05) is 19.0 Å². The molecule has 7 nitrogen and oxygen atoms in total. The van der Waals surface area contributed by atoms with Crippen molar-refractivity contribution in [2.24, 2.45) is 5.92 Å². The number of ether oxygens (including phenoxy) is 1. The van der Waals surface area contributed by atoms with E-state index >= 15 is 0 Å². The Bertz CT molecular complexity index is 746. The molecule has 0 aliphatic carbocycles. The normalized spacial score (nSPS) is 13.2. The van der Waals surface area contributed by atoms with Gasteiger partial charge in [-0.05, 0) is 37.1 Å². The maximum atomic E-state index is 12.0. The third-order valence-corrected chi connectivity index (χ3v) is 3.80. The predicted molar refractivity (Wildman–Crippen MR) is 87.0 cm³/mol. The smallest absolute Gasteiger partial charge is 0.259 e. The fraction of sp³-hybridized carbons (Fsp3) is 0.412. The average Bonchev–Trinajstić information content (AvgIpc) is 2.99. The van der Waals surface area contributed by atoms with Crippen molar-refractivity contribution in [3.8, 4) is 23.2 Å². The average molecular weight is 328 g/mol. The van der Waals surface area contributed by atoms with Crippen molar-refractivity contribution in [1.82, 2.24) is 15.5 Å². The number of hydrogen-bond donors (Lipinski definition) is 1. The Morgan fingerprint density at radius 1 is 1.42 bits per heavy atom. The van der Waals surface area contributed by atoms with Crippen molar-refractivity contribution in [3.05, 3.63) is 30.2 Å². The molecule has 1 atom stereocenters. The SMILES string of the molecule is Cc1nc(-c2ccc(OCC(=O)NC(C)(C#N)C(C)C)cc2)no1. The summed E-state index contributed by atoms with van der Waals surface area (Å²) >= 11 is 0. The molecule has 1 amide bonds. The monoisotopic (exact) mass is 328 g/mol. The first-order valence-electron chi connectivity index (χ1n) is 7.60. The van der Waals surface area contributed by atoms with Crippen LogP contribution in [0.3, 0.4) is 0 Å². The van der Waals surface area contributed by atoms with Gasteiger partial charge in [0.05, 0.1) is 6.07 Å². The van der Waals surface area contributed by atoms with Gasteiger partial charge >= 0.3 is 0 Å². The van der Waals surface area contributed by atoms with Gasteiger partial charge in [-0.25, -0.2) is 0 Å². The van der Waals surface area contributed by atoms with Crippen LogP contribution in [-0.4, -0.2) is 28.2 Å². The van der Waals surface area contributed by atoms with Crippen molar-refractivity contribution >= 4 is 5.91 Å². The lowest BCUT2D eigenvalue weighted by molar-refractivity contribution is -0.124. The van der Waals surface area contributed by atoms with E-state index in [2.05, 4.69) is 21.5 Å². The molecule has 1 heterocycles. The Labute approximate surface area is 140 Å². The third kappa shape index (κ3) is 4.10. The highest BCUT2D eigenvalue weighted by molar-refractivity contribution is 5.78. The Morgan fingerprint density at radius 2 is 2.08 bits per heavy atom. The lowest BCUT2D eigenvalue weighted by atomic mass is 9.90. The van der Waals surface area contributed by atoms with Crippen LogP contribution in [0.2, 0.25) is 0 Å². The molecular formula is C17H20N4O3. The Balaban J connectivity index is 1.93. The van der Waals surface area contributed by atoms with Crippen LogP contribution < -0.4 is 10.1 Å². The van der Waals surface area contributed by atoms with E-state index in [1.807, 2.05) is 13.8 Å². The van der Waals surface area contributed by atoms with Crippen molar-refractivity contribution in [2.45, 2.75) is 33.2 Å². The van der Waals surface area contributed by atoms with Crippen LogP contribution in [0.1, 0.15) is 26.7 Å². The molecule has 1 N–H and O–H groups in total. The van der Waals surface area contributed by atoms with E-state index in [-0.39, 0.29) is 18.4 Å². The third-order valence-electron chi connectivity index (χ3n) is 3.80. The minimum atomic E-state index is -0.916. The number of carbonyl (C=O) groups is 1. The Morgan fingerprint density at radius 3 is 2.58 bits per heavy atom. The van der Waals surface area contributed by atoms with Crippen LogP contribution in [0.5, 0.6) is 5.75 Å². The zero-order valence-corrected chi connectivity index (χ0v) is 14.2. The largest absolute Gasteiger partial charge is 0.484 e. The Kier molecular flexibility index (Phi) is 5.19. The van der Waals surface area contributed by atoms with E-state index < -0.39 is 5.54 Å². The van der Waals surface area contributed by atoms with Crippen molar-refractivity contribution in [1.29, 1.82) is 5.26 Å². The molecule has 0 aliphatic rings. The van der Waals surface area contributed by atoms with Gasteiger partial charge in [0.1, 0.15) is 11.3 Å². The van der Waals surface area contributed by atoms with Gasteiger partial charge in [-0.15, -0.1) is 0 Å². The van der Waals surface area contributed by atoms with E-state index in [0.29, 0.717) is 17.5 Å². The fourth-order valence-electron chi connectivity index (χ4n) is 1.89. The summed E-state index contributed by atoms with van der Waals surface area (Å²) in [6.07, 6.45) is 0. The number of aromatic nitrogens is 2. The van der Waals surface area contributed by atoms with Gasteiger partial charge in [0.25, 0.3) is 5.91 Å². The van der Waals surface area contributed by atoms with Gasteiger partial charge in [-0.2, -0.15) is 10.2 Å². The molecular weight excluding hydrogens is 308 g/mol. The lowest BCUT2D eigenvalue weighted by Crippen LogP contribution is -2.50. The van der Waals surface area contributed by atoms with Crippen LogP contribution in [0.15, 0.2) is 28.8 Å². The summed E-state index contributed by atoms with van der Waals surface area (Å²) in [7, 11) is 0. The highest BCUT2D eigenvalue weighted by atomic mass is 16.5. The molecule has 2 aromatic rings. The highest BCUT2D eigenvalue weighted by Crippen LogP contribution is 2.20. The summed E-state index contributed by atoms with van der Waals surface area (Å²) in [4.78, 5) is 16.1. The van der Waals surface area contributed by atoms with Gasteiger partial charge < -0.3 is 14.6 Å². The summed E-state index contributed by atoms with van der Waals surface area (Å²) in [5, 5.41) is 15.7. The second kappa shape index (κ2) is 7.13. The van der Waals surface area contributed by atoms with Crippen molar-refractivity contribution in [3.63, 3.8) is 0 Å². The second-order valence-corrected chi connectivity index (χ2v) is 5.97. The topological polar surface area (TPSA) is 101 Å². The molecule has 0 aliphatic heterocycles. The molecule has 0 bridgehead atoms. The summed E-state index contributed by atoms with van der Waals surface area (Å²) in [5.74, 6) is 1.18. The molecule has 0 spiro atoms. The van der Waals surface area contributed by atoms with Gasteiger partial charge in [0.2, 0.25) is 11.7 Å².